The number of hydrogen-bond donors (Lipinski definition) is 0. The SMILES string of the molecule is O=C(c1sc2ccccc2c1Cl)N1CCN(c2ccc(F)cc2)CC1. The summed E-state index contributed by atoms with van der Waals surface area (Å²) in [4.78, 5) is 17.5. The van der Waals surface area contributed by atoms with Gasteiger partial charge in [-0.25, -0.2) is 4.39 Å². The second-order valence-electron chi connectivity index (χ2n) is 6.00. The van der Waals surface area contributed by atoms with Crippen LogP contribution in [0.3, 0.4) is 0 Å². The number of nitrogens with zero attached hydrogens (tertiary/aromatic N) is 2. The van der Waals surface area contributed by atoms with Crippen molar-refractivity contribution in [2.45, 2.75) is 0 Å². The average Bonchev–Trinajstić information content (AvgIpc) is 2.99. The van der Waals surface area contributed by atoms with Crippen LogP contribution >= 0.6 is 22.9 Å². The summed E-state index contributed by atoms with van der Waals surface area (Å²) in [6.07, 6.45) is 0. The molecular weight excluding hydrogens is 359 g/mol. The molecule has 0 N–H and O–H groups in total. The van der Waals surface area contributed by atoms with Gasteiger partial charge in [-0.05, 0) is 30.3 Å². The van der Waals surface area contributed by atoms with E-state index < -0.39 is 0 Å². The van der Waals surface area contributed by atoms with Crippen molar-refractivity contribution in [3.05, 3.63) is 64.2 Å². The minimum atomic E-state index is -0.239. The molecule has 1 saturated heterocycles. The summed E-state index contributed by atoms with van der Waals surface area (Å²) in [5.41, 5.74) is 0.980. The van der Waals surface area contributed by atoms with Gasteiger partial charge in [0, 0.05) is 42.0 Å². The van der Waals surface area contributed by atoms with E-state index in [9.17, 15) is 9.18 Å². The van der Waals surface area contributed by atoms with Gasteiger partial charge >= 0.3 is 0 Å². The van der Waals surface area contributed by atoms with Gasteiger partial charge in [-0.3, -0.25) is 4.79 Å². The molecule has 0 unspecified atom stereocenters. The first-order valence-corrected chi connectivity index (χ1v) is 9.30. The van der Waals surface area contributed by atoms with Crippen LogP contribution in [0, 0.1) is 5.82 Å². The number of thiophene rings is 1. The van der Waals surface area contributed by atoms with Gasteiger partial charge in [-0.1, -0.05) is 29.8 Å². The molecular formula is C19H16ClFN2OS. The molecule has 0 aliphatic carbocycles. The van der Waals surface area contributed by atoms with Crippen LogP contribution in [0.1, 0.15) is 9.67 Å². The quantitative estimate of drug-likeness (QED) is 0.651. The monoisotopic (exact) mass is 374 g/mol. The van der Waals surface area contributed by atoms with Crippen LogP contribution < -0.4 is 4.90 Å². The van der Waals surface area contributed by atoms with Gasteiger partial charge in [0.05, 0.1) is 5.02 Å². The second-order valence-corrected chi connectivity index (χ2v) is 7.43. The molecule has 2 aromatic carbocycles. The van der Waals surface area contributed by atoms with Crippen molar-refractivity contribution in [2.24, 2.45) is 0 Å². The summed E-state index contributed by atoms with van der Waals surface area (Å²) in [6.45, 7) is 2.70. The van der Waals surface area contributed by atoms with E-state index >= 15 is 0 Å². The zero-order valence-corrected chi connectivity index (χ0v) is 15.0. The molecule has 1 aliphatic rings. The number of amides is 1. The molecule has 6 heteroatoms. The molecule has 3 aromatic rings. The van der Waals surface area contributed by atoms with Crippen molar-refractivity contribution >= 4 is 44.6 Å². The van der Waals surface area contributed by atoms with E-state index in [0.29, 0.717) is 23.0 Å². The topological polar surface area (TPSA) is 23.6 Å². The first-order chi connectivity index (χ1) is 12.1. The lowest BCUT2D eigenvalue weighted by Gasteiger charge is -2.36. The predicted molar refractivity (Wildman–Crippen MR) is 101 cm³/mol. The number of piperazine rings is 1. The number of carbonyl (C=O) groups excluding carboxylic acids is 1. The Hall–Kier alpha value is -2.11. The van der Waals surface area contributed by atoms with E-state index in [1.807, 2.05) is 29.2 Å². The Morgan fingerprint density at radius 3 is 2.36 bits per heavy atom. The van der Waals surface area contributed by atoms with E-state index in [1.54, 1.807) is 12.1 Å². The highest BCUT2D eigenvalue weighted by molar-refractivity contribution is 7.21. The molecule has 4 rings (SSSR count). The third-order valence-electron chi connectivity index (χ3n) is 4.49. The molecule has 0 saturated carbocycles. The first-order valence-electron chi connectivity index (χ1n) is 8.10. The summed E-state index contributed by atoms with van der Waals surface area (Å²) in [6, 6.07) is 14.3. The van der Waals surface area contributed by atoms with Crippen molar-refractivity contribution in [3.63, 3.8) is 0 Å². The lowest BCUT2D eigenvalue weighted by Crippen LogP contribution is -2.48. The van der Waals surface area contributed by atoms with Gasteiger partial charge in [-0.2, -0.15) is 0 Å². The molecule has 0 bridgehead atoms. The van der Waals surface area contributed by atoms with E-state index in [4.69, 9.17) is 11.6 Å². The lowest BCUT2D eigenvalue weighted by atomic mass is 10.2. The van der Waals surface area contributed by atoms with Gasteiger partial charge in [-0.15, -0.1) is 11.3 Å². The van der Waals surface area contributed by atoms with Crippen LogP contribution in [0.15, 0.2) is 48.5 Å². The fourth-order valence-corrected chi connectivity index (χ4v) is 4.59. The number of hydrogen-bond acceptors (Lipinski definition) is 3. The molecule has 1 amide bonds. The summed E-state index contributed by atoms with van der Waals surface area (Å²) in [7, 11) is 0. The highest BCUT2D eigenvalue weighted by Crippen LogP contribution is 2.36. The molecule has 3 nitrogen and oxygen atoms in total. The Morgan fingerprint density at radius 1 is 1.00 bits per heavy atom. The number of carbonyl (C=O) groups is 1. The van der Waals surface area contributed by atoms with Crippen molar-refractivity contribution in [2.75, 3.05) is 31.1 Å². The third-order valence-corrected chi connectivity index (χ3v) is 6.15. The molecule has 1 fully saturated rings. The van der Waals surface area contributed by atoms with Gasteiger partial charge in [0.15, 0.2) is 0 Å². The van der Waals surface area contributed by atoms with Crippen LogP contribution in [0.5, 0.6) is 0 Å². The molecule has 0 atom stereocenters. The molecule has 1 aliphatic heterocycles. The maximum Gasteiger partial charge on any atom is 0.265 e. The van der Waals surface area contributed by atoms with Gasteiger partial charge in [0.25, 0.3) is 5.91 Å². The van der Waals surface area contributed by atoms with E-state index in [2.05, 4.69) is 4.90 Å². The molecule has 1 aromatic heterocycles. The van der Waals surface area contributed by atoms with Crippen LogP contribution in [-0.2, 0) is 0 Å². The van der Waals surface area contributed by atoms with Crippen LogP contribution in [0.25, 0.3) is 10.1 Å². The Kier molecular flexibility index (Phi) is 4.36. The Labute approximate surface area is 154 Å². The van der Waals surface area contributed by atoms with E-state index in [1.165, 1.54) is 23.5 Å². The van der Waals surface area contributed by atoms with Crippen molar-refractivity contribution < 1.29 is 9.18 Å². The summed E-state index contributed by atoms with van der Waals surface area (Å²) < 4.78 is 14.1. The highest BCUT2D eigenvalue weighted by Gasteiger charge is 2.26. The number of halogens is 2. The zero-order chi connectivity index (χ0) is 17.4. The molecule has 128 valence electrons. The van der Waals surface area contributed by atoms with Crippen LogP contribution in [0.2, 0.25) is 5.02 Å². The highest BCUT2D eigenvalue weighted by atomic mass is 35.5. The van der Waals surface area contributed by atoms with Crippen molar-refractivity contribution in [1.29, 1.82) is 0 Å². The van der Waals surface area contributed by atoms with E-state index in [-0.39, 0.29) is 11.7 Å². The van der Waals surface area contributed by atoms with Crippen LogP contribution in [0.4, 0.5) is 10.1 Å². The largest absolute Gasteiger partial charge is 0.368 e. The predicted octanol–water partition coefficient (Wildman–Crippen LogP) is 4.66. The third kappa shape index (κ3) is 3.10. The van der Waals surface area contributed by atoms with Crippen molar-refractivity contribution in [1.82, 2.24) is 4.90 Å². The zero-order valence-electron chi connectivity index (χ0n) is 13.4. The lowest BCUT2D eigenvalue weighted by molar-refractivity contribution is 0.0752. The van der Waals surface area contributed by atoms with Gasteiger partial charge < -0.3 is 9.80 Å². The number of fused-ring (bicyclic) bond motifs is 1. The first kappa shape index (κ1) is 16.4. The Balaban J connectivity index is 1.49. The van der Waals surface area contributed by atoms with Crippen molar-refractivity contribution in [3.8, 4) is 0 Å². The van der Waals surface area contributed by atoms with E-state index in [0.717, 1.165) is 28.9 Å². The fourth-order valence-electron chi connectivity index (χ4n) is 3.11. The van der Waals surface area contributed by atoms with Crippen LogP contribution in [-0.4, -0.2) is 37.0 Å². The second kappa shape index (κ2) is 6.65. The summed E-state index contributed by atoms with van der Waals surface area (Å²) in [5, 5.41) is 1.48. The minimum absolute atomic E-state index is 0.00930. The number of rotatable bonds is 2. The fraction of sp³-hybridized carbons (Fsp3) is 0.211. The smallest absolute Gasteiger partial charge is 0.265 e. The normalized spacial score (nSPS) is 15.0. The number of benzene rings is 2. The Morgan fingerprint density at radius 2 is 1.68 bits per heavy atom. The molecule has 0 spiro atoms. The molecule has 2 heterocycles. The standard InChI is InChI=1S/C19H16ClFN2OS/c20-17-15-3-1-2-4-16(15)25-18(17)19(24)23-11-9-22(10-12-23)14-7-5-13(21)6-8-14/h1-8H,9-12H2. The maximum atomic E-state index is 13.1. The van der Waals surface area contributed by atoms with Gasteiger partial charge in [0.1, 0.15) is 10.7 Å². The molecule has 25 heavy (non-hydrogen) atoms. The summed E-state index contributed by atoms with van der Waals surface area (Å²) in [5.74, 6) is -0.248. The maximum absolute atomic E-state index is 13.1. The van der Waals surface area contributed by atoms with Gasteiger partial charge in [0.2, 0.25) is 0 Å². The summed E-state index contributed by atoms with van der Waals surface area (Å²) >= 11 is 7.87. The average molecular weight is 375 g/mol. The number of anilines is 1. The minimum Gasteiger partial charge on any atom is -0.368 e. The molecule has 0 radical (unpaired) electrons. The Bertz CT molecular complexity index is 917.